The average Bonchev–Trinajstić information content (AvgIpc) is 2.46. The number of benzene rings is 1. The molecule has 4 nitrogen and oxygen atoms in total. The SMILES string of the molecule is CC1(C)CCN(C(=O)c2cccc3c2NCCN3)CC1. The van der Waals surface area contributed by atoms with Crippen LogP contribution in [0.1, 0.15) is 37.0 Å². The number of amides is 1. The maximum absolute atomic E-state index is 12.7. The number of carbonyl (C=O) groups excluding carboxylic acids is 1. The fourth-order valence-electron chi connectivity index (χ4n) is 2.94. The number of carbonyl (C=O) groups is 1. The summed E-state index contributed by atoms with van der Waals surface area (Å²) in [5.41, 5.74) is 3.18. The number of hydrogen-bond donors (Lipinski definition) is 2. The van der Waals surface area contributed by atoms with Gasteiger partial charge in [-0.2, -0.15) is 0 Å². The van der Waals surface area contributed by atoms with Gasteiger partial charge in [0.2, 0.25) is 0 Å². The summed E-state index contributed by atoms with van der Waals surface area (Å²) in [4.78, 5) is 14.7. The molecule has 0 bridgehead atoms. The Hall–Kier alpha value is -1.71. The third-order valence-electron chi connectivity index (χ3n) is 4.44. The van der Waals surface area contributed by atoms with Crippen LogP contribution < -0.4 is 10.6 Å². The van der Waals surface area contributed by atoms with Crippen LogP contribution in [0.2, 0.25) is 0 Å². The van der Waals surface area contributed by atoms with E-state index in [0.29, 0.717) is 5.41 Å². The number of rotatable bonds is 1. The summed E-state index contributed by atoms with van der Waals surface area (Å²) >= 11 is 0. The predicted octanol–water partition coefficient (Wildman–Crippen LogP) is 2.79. The molecule has 108 valence electrons. The van der Waals surface area contributed by atoms with Crippen LogP contribution in [0.4, 0.5) is 11.4 Å². The van der Waals surface area contributed by atoms with Crippen molar-refractivity contribution in [3.8, 4) is 0 Å². The van der Waals surface area contributed by atoms with Crippen LogP contribution in [0.15, 0.2) is 18.2 Å². The highest BCUT2D eigenvalue weighted by Gasteiger charge is 2.29. The van der Waals surface area contributed by atoms with Crippen LogP contribution in [0.5, 0.6) is 0 Å². The minimum Gasteiger partial charge on any atom is -0.382 e. The van der Waals surface area contributed by atoms with E-state index in [1.54, 1.807) is 0 Å². The van der Waals surface area contributed by atoms with Gasteiger partial charge < -0.3 is 15.5 Å². The molecule has 1 aromatic rings. The summed E-state index contributed by atoms with van der Waals surface area (Å²) < 4.78 is 0. The lowest BCUT2D eigenvalue weighted by Gasteiger charge is -2.37. The molecule has 0 atom stereocenters. The zero-order chi connectivity index (χ0) is 14.2. The van der Waals surface area contributed by atoms with Crippen LogP contribution in [0.3, 0.4) is 0 Å². The van der Waals surface area contributed by atoms with E-state index in [-0.39, 0.29) is 5.91 Å². The van der Waals surface area contributed by atoms with Crippen molar-refractivity contribution in [1.82, 2.24) is 4.90 Å². The Balaban J connectivity index is 1.81. The molecule has 1 fully saturated rings. The van der Waals surface area contributed by atoms with E-state index >= 15 is 0 Å². The van der Waals surface area contributed by atoms with Gasteiger partial charge in [0.15, 0.2) is 0 Å². The Morgan fingerprint density at radius 2 is 1.85 bits per heavy atom. The lowest BCUT2D eigenvalue weighted by molar-refractivity contribution is 0.0631. The normalized spacial score (nSPS) is 20.6. The van der Waals surface area contributed by atoms with Gasteiger partial charge in [0.25, 0.3) is 5.91 Å². The van der Waals surface area contributed by atoms with Crippen molar-refractivity contribution in [1.29, 1.82) is 0 Å². The number of nitrogens with zero attached hydrogens (tertiary/aromatic N) is 1. The Morgan fingerprint density at radius 3 is 2.60 bits per heavy atom. The standard InChI is InChI=1S/C16H23N3O/c1-16(2)6-10-19(11-7-16)15(20)12-4-3-5-13-14(12)18-9-8-17-13/h3-5,17-18H,6-11H2,1-2H3. The maximum Gasteiger partial charge on any atom is 0.256 e. The molecule has 0 saturated carbocycles. The lowest BCUT2D eigenvalue weighted by Crippen LogP contribution is -2.41. The molecule has 0 aromatic heterocycles. The van der Waals surface area contributed by atoms with E-state index in [4.69, 9.17) is 0 Å². The van der Waals surface area contributed by atoms with Gasteiger partial charge in [-0.25, -0.2) is 0 Å². The number of para-hydroxylation sites is 1. The molecule has 0 unspecified atom stereocenters. The van der Waals surface area contributed by atoms with E-state index in [9.17, 15) is 4.79 Å². The highest BCUT2D eigenvalue weighted by Crippen LogP contribution is 2.33. The van der Waals surface area contributed by atoms with Gasteiger partial charge in [-0.1, -0.05) is 19.9 Å². The van der Waals surface area contributed by atoms with Gasteiger partial charge >= 0.3 is 0 Å². The van der Waals surface area contributed by atoms with E-state index in [0.717, 1.165) is 56.0 Å². The van der Waals surface area contributed by atoms with Crippen LogP contribution >= 0.6 is 0 Å². The largest absolute Gasteiger partial charge is 0.382 e. The second-order valence-electron chi connectivity index (χ2n) is 6.54. The van der Waals surface area contributed by atoms with E-state index < -0.39 is 0 Å². The van der Waals surface area contributed by atoms with E-state index in [1.807, 2.05) is 23.1 Å². The number of fused-ring (bicyclic) bond motifs is 1. The third-order valence-corrected chi connectivity index (χ3v) is 4.44. The number of anilines is 2. The summed E-state index contributed by atoms with van der Waals surface area (Å²) in [6.07, 6.45) is 2.17. The van der Waals surface area contributed by atoms with E-state index in [2.05, 4.69) is 24.5 Å². The first-order valence-electron chi connectivity index (χ1n) is 7.47. The zero-order valence-corrected chi connectivity index (χ0v) is 12.3. The van der Waals surface area contributed by atoms with Crippen LogP contribution in [0.25, 0.3) is 0 Å². The molecule has 1 amide bonds. The van der Waals surface area contributed by atoms with Crippen LogP contribution in [0, 0.1) is 5.41 Å². The van der Waals surface area contributed by atoms with Crippen molar-refractivity contribution >= 4 is 17.3 Å². The molecule has 1 saturated heterocycles. The number of likely N-dealkylation sites (tertiary alicyclic amines) is 1. The second-order valence-corrected chi connectivity index (χ2v) is 6.54. The molecule has 4 heteroatoms. The van der Waals surface area contributed by atoms with Crippen molar-refractivity contribution in [3.63, 3.8) is 0 Å². The lowest BCUT2D eigenvalue weighted by atomic mass is 9.82. The fraction of sp³-hybridized carbons (Fsp3) is 0.562. The first-order chi connectivity index (χ1) is 9.57. The number of nitrogens with one attached hydrogen (secondary N) is 2. The Labute approximate surface area is 120 Å². The molecule has 0 spiro atoms. The van der Waals surface area contributed by atoms with Crippen molar-refractivity contribution in [2.24, 2.45) is 5.41 Å². The van der Waals surface area contributed by atoms with Crippen LogP contribution in [-0.4, -0.2) is 37.0 Å². The smallest absolute Gasteiger partial charge is 0.256 e. The van der Waals surface area contributed by atoms with Gasteiger partial charge in [0, 0.05) is 26.2 Å². The third kappa shape index (κ3) is 2.47. The highest BCUT2D eigenvalue weighted by atomic mass is 16.2. The topological polar surface area (TPSA) is 44.4 Å². The number of hydrogen-bond acceptors (Lipinski definition) is 3. The molecule has 1 aromatic carbocycles. The molecule has 2 N–H and O–H groups in total. The molecular formula is C16H23N3O. The molecular weight excluding hydrogens is 250 g/mol. The molecule has 0 radical (unpaired) electrons. The zero-order valence-electron chi connectivity index (χ0n) is 12.3. The fourth-order valence-corrected chi connectivity index (χ4v) is 2.94. The van der Waals surface area contributed by atoms with Crippen LogP contribution in [-0.2, 0) is 0 Å². The molecule has 2 aliphatic heterocycles. The minimum absolute atomic E-state index is 0.161. The monoisotopic (exact) mass is 273 g/mol. The predicted molar refractivity (Wildman–Crippen MR) is 82.3 cm³/mol. The minimum atomic E-state index is 0.161. The molecule has 2 heterocycles. The van der Waals surface area contributed by atoms with Crippen molar-refractivity contribution in [2.45, 2.75) is 26.7 Å². The summed E-state index contributed by atoms with van der Waals surface area (Å²) in [5.74, 6) is 0.161. The Morgan fingerprint density at radius 1 is 1.15 bits per heavy atom. The van der Waals surface area contributed by atoms with Crippen molar-refractivity contribution in [3.05, 3.63) is 23.8 Å². The number of piperidine rings is 1. The summed E-state index contributed by atoms with van der Waals surface area (Å²) in [5, 5.41) is 6.70. The maximum atomic E-state index is 12.7. The van der Waals surface area contributed by atoms with Gasteiger partial charge in [-0.3, -0.25) is 4.79 Å². The van der Waals surface area contributed by atoms with Gasteiger partial charge in [0.05, 0.1) is 16.9 Å². The molecule has 2 aliphatic rings. The second kappa shape index (κ2) is 5.00. The summed E-state index contributed by atoms with van der Waals surface area (Å²) in [6.45, 7) is 8.06. The Bertz CT molecular complexity index is 514. The first kappa shape index (κ1) is 13.3. The van der Waals surface area contributed by atoms with Gasteiger partial charge in [-0.15, -0.1) is 0 Å². The summed E-state index contributed by atoms with van der Waals surface area (Å²) in [6, 6.07) is 5.92. The van der Waals surface area contributed by atoms with Gasteiger partial charge in [0.1, 0.15) is 0 Å². The summed E-state index contributed by atoms with van der Waals surface area (Å²) in [7, 11) is 0. The molecule has 3 rings (SSSR count). The van der Waals surface area contributed by atoms with Gasteiger partial charge in [-0.05, 0) is 30.4 Å². The van der Waals surface area contributed by atoms with Crippen molar-refractivity contribution < 1.29 is 4.79 Å². The molecule has 20 heavy (non-hydrogen) atoms. The molecule has 0 aliphatic carbocycles. The first-order valence-corrected chi connectivity index (χ1v) is 7.47. The Kier molecular flexibility index (Phi) is 3.32. The quantitative estimate of drug-likeness (QED) is 0.827. The van der Waals surface area contributed by atoms with Crippen molar-refractivity contribution in [2.75, 3.05) is 36.8 Å². The average molecular weight is 273 g/mol. The van der Waals surface area contributed by atoms with E-state index in [1.165, 1.54) is 0 Å². The highest BCUT2D eigenvalue weighted by molar-refractivity contribution is 6.02.